The molecule has 2 rings (SSSR count). The third-order valence-corrected chi connectivity index (χ3v) is 4.59. The Morgan fingerprint density at radius 1 is 0.696 bits per heavy atom. The lowest BCUT2D eigenvalue weighted by Gasteiger charge is -2.05. The highest BCUT2D eigenvalue weighted by molar-refractivity contribution is 5.85. The Morgan fingerprint density at radius 2 is 1.39 bits per heavy atom. The van der Waals surface area contributed by atoms with Crippen LogP contribution in [0.3, 0.4) is 0 Å². The molecule has 0 saturated carbocycles. The summed E-state index contributed by atoms with van der Waals surface area (Å²) < 4.78 is 0. The van der Waals surface area contributed by atoms with E-state index < -0.39 is 0 Å². The van der Waals surface area contributed by atoms with Crippen LogP contribution in [0.2, 0.25) is 0 Å². The van der Waals surface area contributed by atoms with E-state index in [0.717, 1.165) is 0 Å². The monoisotopic (exact) mass is 308 g/mol. The highest BCUT2D eigenvalue weighted by Crippen LogP contribution is 2.20. The molecule has 0 radical (unpaired) electrons. The number of hydrogen-bond acceptors (Lipinski definition) is 0. The summed E-state index contributed by atoms with van der Waals surface area (Å²) in [6.45, 7) is 2.28. The summed E-state index contributed by atoms with van der Waals surface area (Å²) >= 11 is 0. The fourth-order valence-corrected chi connectivity index (χ4v) is 3.20. The molecule has 124 valence electrons. The van der Waals surface area contributed by atoms with Crippen LogP contribution in [0, 0.1) is 0 Å². The molecule has 0 saturated heterocycles. The van der Waals surface area contributed by atoms with Gasteiger partial charge in [0.05, 0.1) is 0 Å². The quantitative estimate of drug-likeness (QED) is 0.298. The van der Waals surface area contributed by atoms with E-state index in [1.807, 2.05) is 0 Å². The molecule has 0 heteroatoms. The van der Waals surface area contributed by atoms with Crippen LogP contribution in [0.1, 0.15) is 70.3 Å². The predicted molar refractivity (Wildman–Crippen MR) is 104 cm³/mol. The van der Waals surface area contributed by atoms with E-state index in [0.29, 0.717) is 0 Å². The van der Waals surface area contributed by atoms with Gasteiger partial charge >= 0.3 is 0 Å². The Labute approximate surface area is 142 Å². The molecule has 0 nitrogen and oxygen atoms in total. The van der Waals surface area contributed by atoms with E-state index in [2.05, 4.69) is 61.5 Å². The highest BCUT2D eigenvalue weighted by Gasteiger charge is 1.99. The molecule has 0 spiro atoms. The van der Waals surface area contributed by atoms with Crippen molar-refractivity contribution in [2.75, 3.05) is 0 Å². The van der Waals surface area contributed by atoms with Crippen molar-refractivity contribution >= 4 is 10.8 Å². The minimum absolute atomic E-state index is 1.18. The maximum atomic E-state index is 2.39. The van der Waals surface area contributed by atoms with Gasteiger partial charge in [0.15, 0.2) is 0 Å². The zero-order valence-corrected chi connectivity index (χ0v) is 14.8. The molecule has 0 atom stereocenters. The summed E-state index contributed by atoms with van der Waals surface area (Å²) in [4.78, 5) is 0. The normalized spacial score (nSPS) is 11.5. The molecule has 0 fully saturated rings. The Bertz CT molecular complexity index is 574. The summed E-state index contributed by atoms with van der Waals surface area (Å²) in [6.07, 6.45) is 18.0. The molecule has 2 aromatic carbocycles. The largest absolute Gasteiger partial charge is 0.0885 e. The van der Waals surface area contributed by atoms with Crippen molar-refractivity contribution in [1.29, 1.82) is 0 Å². The number of hydrogen-bond donors (Lipinski definition) is 0. The second-order valence-electron chi connectivity index (χ2n) is 6.56. The number of unbranched alkanes of at least 4 members (excludes halogenated alkanes) is 7. The van der Waals surface area contributed by atoms with E-state index in [-0.39, 0.29) is 0 Å². The third-order valence-electron chi connectivity index (χ3n) is 4.59. The van der Waals surface area contributed by atoms with E-state index in [1.54, 1.807) is 0 Å². The molecule has 0 aliphatic rings. The first-order valence-electron chi connectivity index (χ1n) is 9.53. The number of allylic oxidation sites excluding steroid dienone is 2. The van der Waals surface area contributed by atoms with Crippen molar-refractivity contribution in [3.05, 3.63) is 60.2 Å². The second kappa shape index (κ2) is 11.0. The van der Waals surface area contributed by atoms with Gasteiger partial charge in [-0.2, -0.15) is 0 Å². The van der Waals surface area contributed by atoms with Crippen LogP contribution in [-0.4, -0.2) is 0 Å². The fourth-order valence-electron chi connectivity index (χ4n) is 3.20. The van der Waals surface area contributed by atoms with E-state index in [4.69, 9.17) is 0 Å². The molecule has 0 bridgehead atoms. The van der Waals surface area contributed by atoms with Gasteiger partial charge < -0.3 is 0 Å². The van der Waals surface area contributed by atoms with Gasteiger partial charge in [0.1, 0.15) is 0 Å². The van der Waals surface area contributed by atoms with E-state index in [9.17, 15) is 0 Å². The van der Waals surface area contributed by atoms with Crippen LogP contribution in [0.4, 0.5) is 0 Å². The first-order valence-corrected chi connectivity index (χ1v) is 9.53. The number of benzene rings is 2. The number of aryl methyl sites for hydroxylation is 1. The number of fused-ring (bicyclic) bond motifs is 1. The van der Waals surface area contributed by atoms with Crippen LogP contribution >= 0.6 is 0 Å². The average Bonchev–Trinajstić information content (AvgIpc) is 2.60. The Kier molecular flexibility index (Phi) is 8.55. The molecule has 0 unspecified atom stereocenters. The third kappa shape index (κ3) is 6.60. The average molecular weight is 309 g/mol. The van der Waals surface area contributed by atoms with Gasteiger partial charge in [-0.15, -0.1) is 0 Å². The van der Waals surface area contributed by atoms with Crippen molar-refractivity contribution < 1.29 is 0 Å². The Balaban J connectivity index is 1.61. The minimum atomic E-state index is 1.18. The van der Waals surface area contributed by atoms with Crippen molar-refractivity contribution in [1.82, 2.24) is 0 Å². The lowest BCUT2D eigenvalue weighted by atomic mass is 10.00. The van der Waals surface area contributed by atoms with Crippen molar-refractivity contribution in [3.8, 4) is 0 Å². The van der Waals surface area contributed by atoms with Gasteiger partial charge in [0.2, 0.25) is 0 Å². The molecule has 0 aliphatic carbocycles. The fraction of sp³-hybridized carbons (Fsp3) is 0.478. The topological polar surface area (TPSA) is 0 Å². The highest BCUT2D eigenvalue weighted by atomic mass is 14.0. The lowest BCUT2D eigenvalue weighted by Crippen LogP contribution is -1.87. The molecule has 0 N–H and O–H groups in total. The zero-order chi connectivity index (χ0) is 16.2. The van der Waals surface area contributed by atoms with E-state index in [1.165, 1.54) is 80.5 Å². The Morgan fingerprint density at radius 3 is 2.26 bits per heavy atom. The molecular formula is C23H32. The molecule has 0 aliphatic heterocycles. The van der Waals surface area contributed by atoms with Crippen molar-refractivity contribution in [2.45, 2.75) is 71.1 Å². The van der Waals surface area contributed by atoms with Gasteiger partial charge in [-0.25, -0.2) is 0 Å². The van der Waals surface area contributed by atoms with Crippen LogP contribution in [0.25, 0.3) is 10.8 Å². The van der Waals surface area contributed by atoms with Crippen LogP contribution in [0.15, 0.2) is 54.6 Å². The maximum Gasteiger partial charge on any atom is -0.0152 e. The van der Waals surface area contributed by atoms with Gasteiger partial charge in [0, 0.05) is 0 Å². The SMILES string of the molecule is CCCCCCCC/C=C/CCCc1cccc2ccccc12. The zero-order valence-electron chi connectivity index (χ0n) is 14.8. The predicted octanol–water partition coefficient (Wildman–Crippen LogP) is 7.47. The number of rotatable bonds is 11. The molecule has 23 heavy (non-hydrogen) atoms. The van der Waals surface area contributed by atoms with Gasteiger partial charge in [0.25, 0.3) is 0 Å². The molecule has 2 aromatic rings. The summed E-state index contributed by atoms with van der Waals surface area (Å²) in [7, 11) is 0. The molecule has 0 aromatic heterocycles. The van der Waals surface area contributed by atoms with Gasteiger partial charge in [-0.3, -0.25) is 0 Å². The standard InChI is InChI=1S/C23H32/c1-2-3-4-5-6-7-8-9-10-11-12-16-21-18-15-19-22-17-13-14-20-23(21)22/h9-10,13-15,17-20H,2-8,11-12,16H2,1H3/b10-9+. The second-order valence-corrected chi connectivity index (χ2v) is 6.56. The smallest absolute Gasteiger partial charge is 0.0152 e. The van der Waals surface area contributed by atoms with Crippen molar-refractivity contribution in [2.24, 2.45) is 0 Å². The van der Waals surface area contributed by atoms with Crippen molar-refractivity contribution in [3.63, 3.8) is 0 Å². The maximum absolute atomic E-state index is 2.39. The summed E-state index contributed by atoms with van der Waals surface area (Å²) in [5, 5.41) is 2.79. The molecular weight excluding hydrogens is 276 g/mol. The van der Waals surface area contributed by atoms with Crippen LogP contribution in [0.5, 0.6) is 0 Å². The molecule has 0 amide bonds. The minimum Gasteiger partial charge on any atom is -0.0885 e. The summed E-state index contributed by atoms with van der Waals surface area (Å²) in [6, 6.07) is 15.4. The van der Waals surface area contributed by atoms with Gasteiger partial charge in [-0.1, -0.05) is 93.6 Å². The summed E-state index contributed by atoms with van der Waals surface area (Å²) in [5.41, 5.74) is 1.49. The van der Waals surface area contributed by atoms with Gasteiger partial charge in [-0.05, 0) is 48.4 Å². The summed E-state index contributed by atoms with van der Waals surface area (Å²) in [5.74, 6) is 0. The van der Waals surface area contributed by atoms with Crippen LogP contribution in [-0.2, 0) is 6.42 Å². The Hall–Kier alpha value is -1.56. The molecule has 0 heterocycles. The van der Waals surface area contributed by atoms with Crippen LogP contribution < -0.4 is 0 Å². The first-order chi connectivity index (χ1) is 11.4. The first kappa shape index (κ1) is 17.8. The lowest BCUT2D eigenvalue weighted by molar-refractivity contribution is 0.611. The van der Waals surface area contributed by atoms with E-state index >= 15 is 0 Å².